The maximum atomic E-state index is 13.1. The lowest BCUT2D eigenvalue weighted by atomic mass is 10.1. The second kappa shape index (κ2) is 11.8. The van der Waals surface area contributed by atoms with Crippen molar-refractivity contribution >= 4 is 46.4 Å². The van der Waals surface area contributed by atoms with Crippen LogP contribution in [0.25, 0.3) is 6.08 Å². The van der Waals surface area contributed by atoms with Crippen LogP contribution in [0.1, 0.15) is 11.1 Å². The standard InChI is InChI=1S/C32H28N2O4S/c1-36-28-18-15-24(29(22-28)37-2)19-20-33-31(35)30(38-32(33)39)21-23-13-16-27(17-14-23)34(25-9-5-3-6-10-25)26-11-7-4-8-12-26/h3-18,21-22H,19-20H2,1-2H3. The van der Waals surface area contributed by atoms with Crippen molar-refractivity contribution in [3.05, 3.63) is 120 Å². The van der Waals surface area contributed by atoms with E-state index >= 15 is 0 Å². The molecule has 196 valence electrons. The number of ether oxygens (including phenoxy) is 3. The van der Waals surface area contributed by atoms with Crippen molar-refractivity contribution in [3.8, 4) is 11.5 Å². The van der Waals surface area contributed by atoms with Gasteiger partial charge in [-0.2, -0.15) is 0 Å². The highest BCUT2D eigenvalue weighted by molar-refractivity contribution is 7.80. The van der Waals surface area contributed by atoms with Crippen LogP contribution in [0, 0.1) is 0 Å². The van der Waals surface area contributed by atoms with Gasteiger partial charge in [-0.3, -0.25) is 9.69 Å². The van der Waals surface area contributed by atoms with Gasteiger partial charge in [0.05, 0.1) is 14.2 Å². The molecule has 1 saturated heterocycles. The second-order valence-electron chi connectivity index (χ2n) is 8.86. The zero-order valence-electron chi connectivity index (χ0n) is 21.7. The smallest absolute Gasteiger partial charge is 0.297 e. The summed E-state index contributed by atoms with van der Waals surface area (Å²) in [6, 6.07) is 34.0. The van der Waals surface area contributed by atoms with Gasteiger partial charge in [-0.25, -0.2) is 0 Å². The Morgan fingerprint density at radius 1 is 0.821 bits per heavy atom. The number of amides is 1. The first kappa shape index (κ1) is 26.0. The molecule has 5 rings (SSSR count). The average Bonchev–Trinajstić information content (AvgIpc) is 3.25. The zero-order chi connectivity index (χ0) is 27.2. The van der Waals surface area contributed by atoms with Crippen LogP contribution >= 0.6 is 12.2 Å². The topological polar surface area (TPSA) is 51.2 Å². The molecule has 0 bridgehead atoms. The van der Waals surface area contributed by atoms with Crippen molar-refractivity contribution in [1.82, 2.24) is 4.90 Å². The zero-order valence-corrected chi connectivity index (χ0v) is 22.6. The molecule has 0 N–H and O–H groups in total. The van der Waals surface area contributed by atoms with Crippen LogP contribution in [0.4, 0.5) is 17.1 Å². The van der Waals surface area contributed by atoms with Crippen molar-refractivity contribution in [3.63, 3.8) is 0 Å². The highest BCUT2D eigenvalue weighted by Gasteiger charge is 2.33. The minimum Gasteiger partial charge on any atom is -0.497 e. The van der Waals surface area contributed by atoms with Crippen LogP contribution in [0.15, 0.2) is 109 Å². The third kappa shape index (κ3) is 5.78. The Hall–Kier alpha value is -4.62. The number of nitrogens with zero attached hydrogens (tertiary/aromatic N) is 2. The molecule has 0 aromatic heterocycles. The molecule has 0 aliphatic carbocycles. The summed E-state index contributed by atoms with van der Waals surface area (Å²) in [5.41, 5.74) is 4.89. The van der Waals surface area contributed by atoms with Crippen molar-refractivity contribution < 1.29 is 19.0 Å². The number of carbonyl (C=O) groups excluding carboxylic acids is 1. The molecule has 1 aliphatic heterocycles. The fourth-order valence-corrected chi connectivity index (χ4v) is 4.72. The molecule has 0 unspecified atom stereocenters. The number of thiocarbonyl (C=S) groups is 1. The summed E-state index contributed by atoms with van der Waals surface area (Å²) in [6.07, 6.45) is 2.28. The summed E-state index contributed by atoms with van der Waals surface area (Å²) < 4.78 is 16.4. The Bertz CT molecular complexity index is 1450. The van der Waals surface area contributed by atoms with Gasteiger partial charge < -0.3 is 19.1 Å². The van der Waals surface area contributed by atoms with E-state index in [-0.39, 0.29) is 16.8 Å². The molecule has 0 atom stereocenters. The number of benzene rings is 4. The number of hydrogen-bond acceptors (Lipinski definition) is 6. The highest BCUT2D eigenvalue weighted by atomic mass is 32.1. The van der Waals surface area contributed by atoms with Crippen LogP contribution in [0.5, 0.6) is 11.5 Å². The first-order valence-corrected chi connectivity index (χ1v) is 12.9. The molecule has 1 amide bonds. The normalized spacial score (nSPS) is 13.9. The van der Waals surface area contributed by atoms with Crippen molar-refractivity contribution in [2.75, 3.05) is 25.7 Å². The summed E-state index contributed by atoms with van der Waals surface area (Å²) in [7, 11) is 3.22. The molecule has 1 aliphatic rings. The van der Waals surface area contributed by atoms with Crippen molar-refractivity contribution in [1.29, 1.82) is 0 Å². The minimum absolute atomic E-state index is 0.148. The quantitative estimate of drug-likeness (QED) is 0.171. The van der Waals surface area contributed by atoms with Crippen LogP contribution < -0.4 is 14.4 Å². The van der Waals surface area contributed by atoms with Gasteiger partial charge in [0.15, 0.2) is 5.76 Å². The third-order valence-electron chi connectivity index (χ3n) is 6.45. The summed E-state index contributed by atoms with van der Waals surface area (Å²) in [5, 5.41) is 0.148. The highest BCUT2D eigenvalue weighted by Crippen LogP contribution is 2.34. The largest absolute Gasteiger partial charge is 0.497 e. The second-order valence-corrected chi connectivity index (χ2v) is 9.21. The molecule has 7 heteroatoms. The molecule has 6 nitrogen and oxygen atoms in total. The van der Waals surface area contributed by atoms with E-state index in [9.17, 15) is 4.79 Å². The lowest BCUT2D eigenvalue weighted by Crippen LogP contribution is -2.30. The monoisotopic (exact) mass is 536 g/mol. The Morgan fingerprint density at radius 3 is 2.03 bits per heavy atom. The lowest BCUT2D eigenvalue weighted by molar-refractivity contribution is -0.122. The summed E-state index contributed by atoms with van der Waals surface area (Å²) in [5.74, 6) is 1.35. The van der Waals surface area contributed by atoms with Gasteiger partial charge in [0.2, 0.25) is 0 Å². The fourth-order valence-electron chi connectivity index (χ4n) is 4.46. The molecule has 39 heavy (non-hydrogen) atoms. The van der Waals surface area contributed by atoms with E-state index < -0.39 is 0 Å². The van der Waals surface area contributed by atoms with Crippen LogP contribution in [0.3, 0.4) is 0 Å². The SMILES string of the molecule is COc1ccc(CCN2C(=O)C(=Cc3ccc(N(c4ccccc4)c4ccccc4)cc3)OC2=S)c(OC)c1. The van der Waals surface area contributed by atoms with Crippen LogP contribution in [-0.2, 0) is 16.0 Å². The molecular weight excluding hydrogens is 508 g/mol. The van der Waals surface area contributed by atoms with Gasteiger partial charge in [0.25, 0.3) is 11.1 Å². The maximum absolute atomic E-state index is 13.1. The number of rotatable bonds is 9. The predicted octanol–water partition coefficient (Wildman–Crippen LogP) is 6.90. The van der Waals surface area contributed by atoms with E-state index in [1.807, 2.05) is 78.9 Å². The van der Waals surface area contributed by atoms with E-state index in [1.54, 1.807) is 20.3 Å². The minimum atomic E-state index is -0.258. The average molecular weight is 537 g/mol. The number of anilines is 3. The van der Waals surface area contributed by atoms with Gasteiger partial charge in [-0.15, -0.1) is 0 Å². The maximum Gasteiger partial charge on any atom is 0.297 e. The third-order valence-corrected chi connectivity index (χ3v) is 6.75. The molecule has 0 spiro atoms. The van der Waals surface area contributed by atoms with Gasteiger partial charge in [-0.1, -0.05) is 54.6 Å². The van der Waals surface area contributed by atoms with E-state index in [2.05, 4.69) is 29.2 Å². The van der Waals surface area contributed by atoms with Gasteiger partial charge >= 0.3 is 0 Å². The lowest BCUT2D eigenvalue weighted by Gasteiger charge is -2.25. The summed E-state index contributed by atoms with van der Waals surface area (Å²) >= 11 is 5.37. The van der Waals surface area contributed by atoms with E-state index in [1.165, 1.54) is 4.90 Å². The Morgan fingerprint density at radius 2 is 1.44 bits per heavy atom. The van der Waals surface area contributed by atoms with Gasteiger partial charge in [-0.05, 0) is 78.3 Å². The molecular formula is C32H28N2O4S. The summed E-state index contributed by atoms with van der Waals surface area (Å²) in [4.78, 5) is 16.8. The van der Waals surface area contributed by atoms with E-state index in [0.717, 1.165) is 28.2 Å². The van der Waals surface area contributed by atoms with E-state index in [4.69, 9.17) is 26.4 Å². The molecule has 4 aromatic carbocycles. The van der Waals surface area contributed by atoms with Crippen LogP contribution in [0.2, 0.25) is 0 Å². The van der Waals surface area contributed by atoms with Crippen molar-refractivity contribution in [2.45, 2.75) is 6.42 Å². The first-order chi connectivity index (χ1) is 19.1. The number of carbonyl (C=O) groups is 1. The van der Waals surface area contributed by atoms with Crippen molar-refractivity contribution in [2.24, 2.45) is 0 Å². The fraction of sp³-hybridized carbons (Fsp3) is 0.125. The molecule has 0 radical (unpaired) electrons. The van der Waals surface area contributed by atoms with Gasteiger partial charge in [0.1, 0.15) is 11.5 Å². The number of methoxy groups -OCH3 is 2. The number of hydrogen-bond donors (Lipinski definition) is 0. The molecule has 1 heterocycles. The predicted molar refractivity (Wildman–Crippen MR) is 158 cm³/mol. The molecule has 1 fully saturated rings. The van der Waals surface area contributed by atoms with Gasteiger partial charge in [0, 0.05) is 29.7 Å². The summed E-state index contributed by atoms with van der Waals surface area (Å²) in [6.45, 7) is 0.375. The van der Waals surface area contributed by atoms with Crippen LogP contribution in [-0.4, -0.2) is 36.7 Å². The molecule has 4 aromatic rings. The van der Waals surface area contributed by atoms with E-state index in [0.29, 0.717) is 24.5 Å². The number of para-hydroxylation sites is 2. The molecule has 0 saturated carbocycles. The first-order valence-electron chi connectivity index (χ1n) is 12.5. The Labute approximate surface area is 233 Å². The Kier molecular flexibility index (Phi) is 7.89. The Balaban J connectivity index is 1.32.